The van der Waals surface area contributed by atoms with Gasteiger partial charge in [0.2, 0.25) is 0 Å². The fraction of sp³-hybridized carbons (Fsp3) is 0.500. The number of likely N-dealkylation sites (tertiary alicyclic amines) is 1. The van der Waals surface area contributed by atoms with Crippen LogP contribution in [0.2, 0.25) is 0 Å². The van der Waals surface area contributed by atoms with Crippen LogP contribution < -0.4 is 5.73 Å². The molecule has 1 fully saturated rings. The van der Waals surface area contributed by atoms with Gasteiger partial charge in [0.15, 0.2) is 15.8 Å². The molecule has 1 aliphatic rings. The first-order valence-corrected chi connectivity index (χ1v) is 8.70. The Morgan fingerprint density at radius 3 is 2.35 bits per heavy atom. The fourth-order valence-electron chi connectivity index (χ4n) is 2.24. The number of hydrogen-bond acceptors (Lipinski definition) is 3. The minimum Gasteiger partial charge on any atom is -0.370 e. The molecule has 0 aliphatic carbocycles. The molecule has 0 bridgehead atoms. The minimum absolute atomic E-state index is 0.328. The monoisotopic (exact) mass is 295 g/mol. The summed E-state index contributed by atoms with van der Waals surface area (Å²) in [7, 11) is -3.14. The number of piperidine rings is 1. The summed E-state index contributed by atoms with van der Waals surface area (Å²) in [4.78, 5) is 6.81. The molecule has 0 atom stereocenters. The summed E-state index contributed by atoms with van der Waals surface area (Å²) in [6, 6.07) is 6.78. The third-order valence-electron chi connectivity index (χ3n) is 3.46. The molecule has 0 aromatic heterocycles. The minimum atomic E-state index is -3.14. The van der Waals surface area contributed by atoms with Crippen LogP contribution in [-0.2, 0) is 16.4 Å². The molecule has 1 aromatic carbocycles. The average Bonchev–Trinajstić information content (AvgIpc) is 2.45. The second-order valence-electron chi connectivity index (χ2n) is 5.14. The zero-order chi connectivity index (χ0) is 14.6. The zero-order valence-corrected chi connectivity index (χ0v) is 12.6. The number of hydrogen-bond donors (Lipinski definition) is 1. The maximum absolute atomic E-state index is 11.4. The normalized spacial score (nSPS) is 17.2. The molecule has 2 rings (SSSR count). The van der Waals surface area contributed by atoms with Crippen molar-refractivity contribution >= 4 is 15.8 Å². The molecular formula is C14H21N3O2S. The molecule has 1 aliphatic heterocycles. The van der Waals surface area contributed by atoms with Gasteiger partial charge in [-0.15, -0.1) is 0 Å². The van der Waals surface area contributed by atoms with E-state index in [9.17, 15) is 8.42 Å². The van der Waals surface area contributed by atoms with E-state index in [0.717, 1.165) is 18.7 Å². The molecule has 0 radical (unpaired) electrons. The Morgan fingerprint density at radius 2 is 1.80 bits per heavy atom. The van der Waals surface area contributed by atoms with Crippen LogP contribution in [0.3, 0.4) is 0 Å². The molecule has 0 amide bonds. The van der Waals surface area contributed by atoms with E-state index in [2.05, 4.69) is 9.89 Å². The molecule has 2 N–H and O–H groups in total. The molecule has 0 spiro atoms. The van der Waals surface area contributed by atoms with Crippen molar-refractivity contribution in [3.8, 4) is 0 Å². The van der Waals surface area contributed by atoms with E-state index in [4.69, 9.17) is 5.73 Å². The number of nitrogens with two attached hydrogens (primary N) is 1. The number of guanidine groups is 1. The Labute approximate surface area is 120 Å². The molecule has 5 nitrogen and oxygen atoms in total. The van der Waals surface area contributed by atoms with Crippen LogP contribution in [-0.4, -0.2) is 38.6 Å². The van der Waals surface area contributed by atoms with E-state index in [0.29, 0.717) is 17.4 Å². The number of aliphatic imine (C=N–C) groups is 1. The summed E-state index contributed by atoms with van der Waals surface area (Å²) in [6.45, 7) is 2.43. The second kappa shape index (κ2) is 6.26. The highest BCUT2D eigenvalue weighted by molar-refractivity contribution is 7.90. The zero-order valence-electron chi connectivity index (χ0n) is 11.7. The van der Waals surface area contributed by atoms with Gasteiger partial charge in [-0.25, -0.2) is 13.4 Å². The van der Waals surface area contributed by atoms with Crippen LogP contribution in [0.25, 0.3) is 0 Å². The lowest BCUT2D eigenvalue weighted by Crippen LogP contribution is -2.40. The lowest BCUT2D eigenvalue weighted by atomic mass is 10.1. The van der Waals surface area contributed by atoms with E-state index in [1.165, 1.54) is 25.5 Å². The van der Waals surface area contributed by atoms with E-state index >= 15 is 0 Å². The van der Waals surface area contributed by atoms with Crippen molar-refractivity contribution in [2.24, 2.45) is 10.7 Å². The van der Waals surface area contributed by atoms with Gasteiger partial charge in [0.05, 0.1) is 11.4 Å². The van der Waals surface area contributed by atoms with Crippen molar-refractivity contribution in [1.29, 1.82) is 0 Å². The molecule has 20 heavy (non-hydrogen) atoms. The Bertz CT molecular complexity index is 573. The van der Waals surface area contributed by atoms with Gasteiger partial charge in [0.25, 0.3) is 0 Å². The first-order chi connectivity index (χ1) is 9.47. The standard InChI is InChI=1S/C14H21N3O2S/c1-20(18,19)13-7-5-12(6-8-13)11-16-14(15)17-9-3-2-4-10-17/h5-8H,2-4,9-11H2,1H3,(H2,15,16). The number of sulfone groups is 1. The van der Waals surface area contributed by atoms with Crippen molar-refractivity contribution in [3.63, 3.8) is 0 Å². The van der Waals surface area contributed by atoms with E-state index < -0.39 is 9.84 Å². The van der Waals surface area contributed by atoms with Crippen molar-refractivity contribution in [2.45, 2.75) is 30.7 Å². The predicted molar refractivity (Wildman–Crippen MR) is 80.3 cm³/mol. The molecular weight excluding hydrogens is 274 g/mol. The molecule has 1 heterocycles. The summed E-state index contributed by atoms with van der Waals surface area (Å²) in [6.07, 6.45) is 4.80. The third kappa shape index (κ3) is 3.96. The van der Waals surface area contributed by atoms with Crippen LogP contribution in [0.15, 0.2) is 34.2 Å². The maximum atomic E-state index is 11.4. The Morgan fingerprint density at radius 1 is 1.20 bits per heavy atom. The van der Waals surface area contributed by atoms with Gasteiger partial charge in [0, 0.05) is 19.3 Å². The summed E-state index contributed by atoms with van der Waals surface area (Å²) >= 11 is 0. The fourth-order valence-corrected chi connectivity index (χ4v) is 2.87. The lowest BCUT2D eigenvalue weighted by Gasteiger charge is -2.27. The smallest absolute Gasteiger partial charge is 0.191 e. The largest absolute Gasteiger partial charge is 0.370 e. The van der Waals surface area contributed by atoms with E-state index in [-0.39, 0.29) is 0 Å². The topological polar surface area (TPSA) is 75.8 Å². The summed E-state index contributed by atoms with van der Waals surface area (Å²) in [5.41, 5.74) is 6.93. The Balaban J connectivity index is 1.99. The highest BCUT2D eigenvalue weighted by Crippen LogP contribution is 2.12. The molecule has 1 aromatic rings. The first kappa shape index (κ1) is 14.8. The van der Waals surface area contributed by atoms with Gasteiger partial charge in [-0.05, 0) is 37.0 Å². The molecule has 0 unspecified atom stereocenters. The Kier molecular flexibility index (Phi) is 4.65. The van der Waals surface area contributed by atoms with Gasteiger partial charge in [-0.3, -0.25) is 0 Å². The molecule has 110 valence electrons. The Hall–Kier alpha value is -1.56. The molecule has 0 saturated carbocycles. The van der Waals surface area contributed by atoms with Crippen LogP contribution in [0, 0.1) is 0 Å². The highest BCUT2D eigenvalue weighted by atomic mass is 32.2. The van der Waals surface area contributed by atoms with Crippen molar-refractivity contribution in [3.05, 3.63) is 29.8 Å². The van der Waals surface area contributed by atoms with Gasteiger partial charge in [-0.2, -0.15) is 0 Å². The predicted octanol–water partition coefficient (Wildman–Crippen LogP) is 1.39. The van der Waals surface area contributed by atoms with Gasteiger partial charge in [0.1, 0.15) is 0 Å². The van der Waals surface area contributed by atoms with Crippen LogP contribution in [0.1, 0.15) is 24.8 Å². The van der Waals surface area contributed by atoms with E-state index in [1.807, 2.05) is 0 Å². The van der Waals surface area contributed by atoms with Crippen LogP contribution in [0.5, 0.6) is 0 Å². The molecule has 1 saturated heterocycles. The van der Waals surface area contributed by atoms with Gasteiger partial charge >= 0.3 is 0 Å². The average molecular weight is 295 g/mol. The van der Waals surface area contributed by atoms with Crippen molar-refractivity contribution in [2.75, 3.05) is 19.3 Å². The maximum Gasteiger partial charge on any atom is 0.191 e. The lowest BCUT2D eigenvalue weighted by molar-refractivity contribution is 0.338. The summed E-state index contributed by atoms with van der Waals surface area (Å²) in [5, 5.41) is 0. The summed E-state index contributed by atoms with van der Waals surface area (Å²) < 4.78 is 22.7. The SMILES string of the molecule is CS(=O)(=O)c1ccc(CN=C(N)N2CCCCC2)cc1. The number of rotatable bonds is 3. The van der Waals surface area contributed by atoms with Crippen molar-refractivity contribution in [1.82, 2.24) is 4.90 Å². The number of benzene rings is 1. The van der Waals surface area contributed by atoms with Crippen LogP contribution >= 0.6 is 0 Å². The third-order valence-corrected chi connectivity index (χ3v) is 4.58. The first-order valence-electron chi connectivity index (χ1n) is 6.81. The van der Waals surface area contributed by atoms with E-state index in [1.54, 1.807) is 24.3 Å². The highest BCUT2D eigenvalue weighted by Gasteiger charge is 2.11. The van der Waals surface area contributed by atoms with Gasteiger partial charge in [-0.1, -0.05) is 12.1 Å². The van der Waals surface area contributed by atoms with Crippen molar-refractivity contribution < 1.29 is 8.42 Å². The second-order valence-corrected chi connectivity index (χ2v) is 7.15. The molecule has 6 heteroatoms. The van der Waals surface area contributed by atoms with Crippen LogP contribution in [0.4, 0.5) is 0 Å². The number of nitrogens with zero attached hydrogens (tertiary/aromatic N) is 2. The van der Waals surface area contributed by atoms with Gasteiger partial charge < -0.3 is 10.6 Å². The summed E-state index contributed by atoms with van der Waals surface area (Å²) in [5.74, 6) is 0.580. The quantitative estimate of drug-likeness (QED) is 0.675.